The van der Waals surface area contributed by atoms with Gasteiger partial charge in [-0.05, 0) is 41.1 Å². The molecule has 0 radical (unpaired) electrons. The number of halogens is 2. The molecule has 0 atom stereocenters. The van der Waals surface area contributed by atoms with Crippen LogP contribution in [0.25, 0.3) is 0 Å². The number of nitrogens with one attached hydrogen (secondary N) is 1. The van der Waals surface area contributed by atoms with Crippen LogP contribution < -0.4 is 5.32 Å². The van der Waals surface area contributed by atoms with Crippen LogP contribution in [0.4, 0.5) is 10.1 Å². The van der Waals surface area contributed by atoms with E-state index in [0.29, 0.717) is 6.54 Å². The van der Waals surface area contributed by atoms with Gasteiger partial charge in [-0.15, -0.1) is 11.3 Å². The summed E-state index contributed by atoms with van der Waals surface area (Å²) in [5.41, 5.74) is 3.59. The first-order chi connectivity index (χ1) is 7.66. The van der Waals surface area contributed by atoms with Crippen molar-refractivity contribution in [3.8, 4) is 0 Å². The molecule has 0 amide bonds. The molecule has 1 heterocycles. The first-order valence-corrected chi connectivity index (χ1v) is 6.42. The maximum absolute atomic E-state index is 13.0. The van der Waals surface area contributed by atoms with Crippen molar-refractivity contribution >= 4 is 33.0 Å². The maximum atomic E-state index is 13.0. The molecule has 0 saturated heterocycles. The standard InChI is InChI=1S/C11H10BrFN2S/c1-7-11(16-6-15-7)5-14-10-4-8(13)2-3-9(10)12/h2-4,6,14H,5H2,1H3. The molecule has 0 bridgehead atoms. The van der Waals surface area contributed by atoms with Crippen molar-refractivity contribution in [3.05, 3.63) is 44.6 Å². The van der Waals surface area contributed by atoms with Crippen molar-refractivity contribution in [3.63, 3.8) is 0 Å². The molecule has 0 saturated carbocycles. The summed E-state index contributed by atoms with van der Waals surface area (Å²) in [4.78, 5) is 5.32. The molecule has 5 heteroatoms. The molecule has 1 aromatic carbocycles. The quantitative estimate of drug-likeness (QED) is 0.928. The Morgan fingerprint density at radius 2 is 2.31 bits per heavy atom. The van der Waals surface area contributed by atoms with Crippen molar-refractivity contribution in [1.82, 2.24) is 4.98 Å². The Balaban J connectivity index is 2.10. The third-order valence-electron chi connectivity index (χ3n) is 2.21. The molecule has 2 aromatic rings. The zero-order valence-electron chi connectivity index (χ0n) is 8.63. The maximum Gasteiger partial charge on any atom is 0.125 e. The summed E-state index contributed by atoms with van der Waals surface area (Å²) in [5, 5.41) is 3.18. The van der Waals surface area contributed by atoms with E-state index in [-0.39, 0.29) is 5.82 Å². The van der Waals surface area contributed by atoms with Gasteiger partial charge >= 0.3 is 0 Å². The zero-order valence-corrected chi connectivity index (χ0v) is 11.0. The lowest BCUT2D eigenvalue weighted by Gasteiger charge is -2.07. The van der Waals surface area contributed by atoms with Gasteiger partial charge in [0.15, 0.2) is 0 Å². The van der Waals surface area contributed by atoms with Crippen molar-refractivity contribution in [2.75, 3.05) is 5.32 Å². The number of hydrogen-bond donors (Lipinski definition) is 1. The Hall–Kier alpha value is -0.940. The van der Waals surface area contributed by atoms with E-state index in [1.807, 2.05) is 12.4 Å². The van der Waals surface area contributed by atoms with E-state index in [2.05, 4.69) is 26.2 Å². The largest absolute Gasteiger partial charge is 0.379 e. The second-order valence-electron chi connectivity index (χ2n) is 3.34. The summed E-state index contributed by atoms with van der Waals surface area (Å²) < 4.78 is 13.9. The van der Waals surface area contributed by atoms with Crippen LogP contribution in [-0.4, -0.2) is 4.98 Å². The summed E-state index contributed by atoms with van der Waals surface area (Å²) in [6, 6.07) is 4.59. The first kappa shape index (κ1) is 11.5. The lowest BCUT2D eigenvalue weighted by atomic mass is 10.3. The normalized spacial score (nSPS) is 10.4. The second kappa shape index (κ2) is 4.93. The van der Waals surface area contributed by atoms with Crippen molar-refractivity contribution < 1.29 is 4.39 Å². The SMILES string of the molecule is Cc1ncsc1CNc1cc(F)ccc1Br. The fourth-order valence-electron chi connectivity index (χ4n) is 1.30. The molecular formula is C11H10BrFN2S. The minimum absolute atomic E-state index is 0.244. The van der Waals surface area contributed by atoms with Gasteiger partial charge in [0, 0.05) is 9.35 Å². The van der Waals surface area contributed by atoms with E-state index in [1.54, 1.807) is 17.4 Å². The van der Waals surface area contributed by atoms with Crippen LogP contribution in [0, 0.1) is 12.7 Å². The molecule has 0 aliphatic carbocycles. The van der Waals surface area contributed by atoms with Crippen LogP contribution in [0.1, 0.15) is 10.6 Å². The highest BCUT2D eigenvalue weighted by molar-refractivity contribution is 9.10. The van der Waals surface area contributed by atoms with Crippen LogP contribution in [0.2, 0.25) is 0 Å². The van der Waals surface area contributed by atoms with E-state index in [9.17, 15) is 4.39 Å². The van der Waals surface area contributed by atoms with Gasteiger partial charge < -0.3 is 5.32 Å². The van der Waals surface area contributed by atoms with Gasteiger partial charge in [-0.25, -0.2) is 9.37 Å². The van der Waals surface area contributed by atoms with E-state index in [1.165, 1.54) is 12.1 Å². The third kappa shape index (κ3) is 2.59. The molecule has 0 unspecified atom stereocenters. The summed E-state index contributed by atoms with van der Waals surface area (Å²) in [7, 11) is 0. The molecule has 2 rings (SSSR count). The number of nitrogens with zero attached hydrogens (tertiary/aromatic N) is 1. The molecule has 2 nitrogen and oxygen atoms in total. The Morgan fingerprint density at radius 3 is 3.00 bits per heavy atom. The number of anilines is 1. The lowest BCUT2D eigenvalue weighted by molar-refractivity contribution is 0.628. The Labute approximate surface area is 106 Å². The number of rotatable bonds is 3. The van der Waals surface area contributed by atoms with Gasteiger partial charge in [0.25, 0.3) is 0 Å². The predicted molar refractivity (Wildman–Crippen MR) is 68.3 cm³/mol. The Kier molecular flexibility index (Phi) is 3.56. The van der Waals surface area contributed by atoms with Crippen LogP contribution in [0.5, 0.6) is 0 Å². The predicted octanol–water partition coefficient (Wildman–Crippen LogP) is 3.97. The number of aromatic nitrogens is 1. The first-order valence-electron chi connectivity index (χ1n) is 4.74. The molecule has 0 fully saturated rings. The van der Waals surface area contributed by atoms with E-state index < -0.39 is 0 Å². The highest BCUT2D eigenvalue weighted by Crippen LogP contribution is 2.24. The molecule has 1 N–H and O–H groups in total. The summed E-state index contributed by atoms with van der Waals surface area (Å²) in [5.74, 6) is -0.244. The van der Waals surface area contributed by atoms with Gasteiger partial charge in [0.05, 0.1) is 23.4 Å². The molecule has 0 aliphatic rings. The number of benzene rings is 1. The lowest BCUT2D eigenvalue weighted by Crippen LogP contribution is -2.00. The van der Waals surface area contributed by atoms with Crippen LogP contribution in [0.15, 0.2) is 28.2 Å². The number of aryl methyl sites for hydroxylation is 1. The molecule has 0 aliphatic heterocycles. The van der Waals surface area contributed by atoms with Gasteiger partial charge in [0.2, 0.25) is 0 Å². The Bertz CT molecular complexity index is 498. The topological polar surface area (TPSA) is 24.9 Å². The fraction of sp³-hybridized carbons (Fsp3) is 0.182. The van der Waals surface area contributed by atoms with Crippen molar-refractivity contribution in [2.24, 2.45) is 0 Å². The van der Waals surface area contributed by atoms with E-state index >= 15 is 0 Å². The van der Waals surface area contributed by atoms with Crippen LogP contribution in [-0.2, 0) is 6.54 Å². The van der Waals surface area contributed by atoms with Crippen molar-refractivity contribution in [1.29, 1.82) is 0 Å². The molecule has 0 spiro atoms. The molecule has 84 valence electrons. The van der Waals surface area contributed by atoms with Gasteiger partial charge in [-0.3, -0.25) is 0 Å². The molecular weight excluding hydrogens is 291 g/mol. The molecule has 16 heavy (non-hydrogen) atoms. The van der Waals surface area contributed by atoms with Gasteiger partial charge in [-0.1, -0.05) is 0 Å². The minimum atomic E-state index is -0.244. The van der Waals surface area contributed by atoms with Gasteiger partial charge in [0.1, 0.15) is 5.82 Å². The van der Waals surface area contributed by atoms with Crippen molar-refractivity contribution in [2.45, 2.75) is 13.5 Å². The van der Waals surface area contributed by atoms with Crippen LogP contribution in [0.3, 0.4) is 0 Å². The Morgan fingerprint density at radius 1 is 1.50 bits per heavy atom. The van der Waals surface area contributed by atoms with E-state index in [4.69, 9.17) is 0 Å². The average Bonchev–Trinajstić information content (AvgIpc) is 2.66. The minimum Gasteiger partial charge on any atom is -0.379 e. The van der Waals surface area contributed by atoms with Gasteiger partial charge in [-0.2, -0.15) is 0 Å². The number of thiazole rings is 1. The number of hydrogen-bond acceptors (Lipinski definition) is 3. The monoisotopic (exact) mass is 300 g/mol. The fourth-order valence-corrected chi connectivity index (χ4v) is 2.41. The van der Waals surface area contributed by atoms with E-state index in [0.717, 1.165) is 20.7 Å². The average molecular weight is 301 g/mol. The highest BCUT2D eigenvalue weighted by atomic mass is 79.9. The smallest absolute Gasteiger partial charge is 0.125 e. The second-order valence-corrected chi connectivity index (χ2v) is 5.13. The third-order valence-corrected chi connectivity index (χ3v) is 3.84. The summed E-state index contributed by atoms with van der Waals surface area (Å²) in [6.45, 7) is 2.63. The highest BCUT2D eigenvalue weighted by Gasteiger charge is 2.04. The summed E-state index contributed by atoms with van der Waals surface area (Å²) >= 11 is 4.97. The zero-order chi connectivity index (χ0) is 11.5. The molecule has 1 aromatic heterocycles. The van der Waals surface area contributed by atoms with Crippen LogP contribution >= 0.6 is 27.3 Å². The summed E-state index contributed by atoms with van der Waals surface area (Å²) in [6.07, 6.45) is 0.